The minimum absolute atomic E-state index is 0.841. The Kier molecular flexibility index (Phi) is 5.49. The molecule has 1 aliphatic rings. The number of nitrogens with zero attached hydrogens (tertiary/aromatic N) is 1. The summed E-state index contributed by atoms with van der Waals surface area (Å²) in [6.07, 6.45) is 7.10. The third kappa shape index (κ3) is 3.97. The first-order chi connectivity index (χ1) is 6.74. The molecule has 0 aromatic heterocycles. The molecule has 2 unspecified atom stereocenters. The molecule has 84 valence electrons. The molecule has 2 nitrogen and oxygen atoms in total. The fraction of sp³-hybridized carbons (Fsp3) is 1.00. The summed E-state index contributed by atoms with van der Waals surface area (Å²) in [5.74, 6) is 0.956. The predicted octanol–water partition coefficient (Wildman–Crippen LogP) is 2.11. The van der Waals surface area contributed by atoms with Crippen molar-refractivity contribution in [2.24, 2.45) is 5.92 Å². The van der Waals surface area contributed by atoms with Crippen molar-refractivity contribution in [3.63, 3.8) is 0 Å². The Hall–Kier alpha value is -0.0800. The molecule has 0 aromatic rings. The topological polar surface area (TPSA) is 15.3 Å². The molecule has 1 saturated carbocycles. The number of nitrogens with one attached hydrogen (secondary N) is 1. The highest BCUT2D eigenvalue weighted by atomic mass is 15.1. The van der Waals surface area contributed by atoms with Gasteiger partial charge in [0.05, 0.1) is 0 Å². The summed E-state index contributed by atoms with van der Waals surface area (Å²) in [5, 5.41) is 3.22. The van der Waals surface area contributed by atoms with Crippen molar-refractivity contribution in [1.29, 1.82) is 0 Å². The molecule has 0 bridgehead atoms. The summed E-state index contributed by atoms with van der Waals surface area (Å²) in [4.78, 5) is 2.54. The Morgan fingerprint density at radius 3 is 2.71 bits per heavy atom. The Morgan fingerprint density at radius 1 is 1.21 bits per heavy atom. The Labute approximate surface area is 89.1 Å². The molecule has 0 aromatic carbocycles. The molecule has 0 radical (unpaired) electrons. The molecule has 0 heterocycles. The fourth-order valence-electron chi connectivity index (χ4n) is 2.38. The molecule has 0 amide bonds. The van der Waals surface area contributed by atoms with Crippen molar-refractivity contribution < 1.29 is 0 Å². The molecule has 2 heteroatoms. The van der Waals surface area contributed by atoms with Crippen LogP contribution in [0.25, 0.3) is 0 Å². The Balaban J connectivity index is 2.27. The summed E-state index contributed by atoms with van der Waals surface area (Å²) in [6, 6.07) is 0.841. The van der Waals surface area contributed by atoms with E-state index in [1.54, 1.807) is 0 Å². The summed E-state index contributed by atoms with van der Waals surface area (Å²) < 4.78 is 0. The van der Waals surface area contributed by atoms with Crippen LogP contribution in [0.3, 0.4) is 0 Å². The first kappa shape index (κ1) is 12.0. The van der Waals surface area contributed by atoms with Gasteiger partial charge in [-0.3, -0.25) is 0 Å². The lowest BCUT2D eigenvalue weighted by Crippen LogP contribution is -2.36. The van der Waals surface area contributed by atoms with E-state index in [0.29, 0.717) is 0 Å². The second-order valence-corrected chi connectivity index (χ2v) is 4.85. The standard InChI is InChI=1S/C12H26N2/c1-11-5-4-6-12(8-7-11)14(3)10-9-13-2/h11-13H,4-10H2,1-3H3. The zero-order valence-corrected chi connectivity index (χ0v) is 10.1. The summed E-state index contributed by atoms with van der Waals surface area (Å²) in [5.41, 5.74) is 0. The van der Waals surface area contributed by atoms with E-state index in [9.17, 15) is 0 Å². The minimum atomic E-state index is 0.841. The van der Waals surface area contributed by atoms with Crippen LogP contribution in [0.5, 0.6) is 0 Å². The van der Waals surface area contributed by atoms with Crippen LogP contribution in [0, 0.1) is 5.92 Å². The van der Waals surface area contributed by atoms with Gasteiger partial charge in [-0.05, 0) is 39.3 Å². The molecule has 2 atom stereocenters. The lowest BCUT2D eigenvalue weighted by Gasteiger charge is -2.26. The van der Waals surface area contributed by atoms with Gasteiger partial charge in [0.15, 0.2) is 0 Å². The van der Waals surface area contributed by atoms with Crippen molar-refractivity contribution in [1.82, 2.24) is 10.2 Å². The lowest BCUT2D eigenvalue weighted by molar-refractivity contribution is 0.221. The van der Waals surface area contributed by atoms with Gasteiger partial charge in [-0.15, -0.1) is 0 Å². The van der Waals surface area contributed by atoms with E-state index in [2.05, 4.69) is 24.2 Å². The molecular formula is C12H26N2. The summed E-state index contributed by atoms with van der Waals surface area (Å²) >= 11 is 0. The Morgan fingerprint density at radius 2 is 2.00 bits per heavy atom. The monoisotopic (exact) mass is 198 g/mol. The van der Waals surface area contributed by atoms with Gasteiger partial charge in [-0.2, -0.15) is 0 Å². The second-order valence-electron chi connectivity index (χ2n) is 4.85. The average molecular weight is 198 g/mol. The molecule has 0 spiro atoms. The van der Waals surface area contributed by atoms with Crippen LogP contribution in [-0.4, -0.2) is 38.1 Å². The third-order valence-corrected chi connectivity index (χ3v) is 3.56. The maximum atomic E-state index is 3.22. The van der Waals surface area contributed by atoms with Crippen molar-refractivity contribution in [3.05, 3.63) is 0 Å². The van der Waals surface area contributed by atoms with Crippen molar-refractivity contribution >= 4 is 0 Å². The first-order valence-corrected chi connectivity index (χ1v) is 6.09. The van der Waals surface area contributed by atoms with Crippen molar-refractivity contribution in [2.75, 3.05) is 27.2 Å². The minimum Gasteiger partial charge on any atom is -0.318 e. The van der Waals surface area contributed by atoms with E-state index in [1.165, 1.54) is 38.6 Å². The van der Waals surface area contributed by atoms with Crippen LogP contribution in [-0.2, 0) is 0 Å². The van der Waals surface area contributed by atoms with Crippen LogP contribution < -0.4 is 5.32 Å². The molecular weight excluding hydrogens is 172 g/mol. The summed E-state index contributed by atoms with van der Waals surface area (Å²) in [6.45, 7) is 4.70. The zero-order valence-electron chi connectivity index (χ0n) is 10.1. The summed E-state index contributed by atoms with van der Waals surface area (Å²) in [7, 11) is 4.31. The molecule has 1 N–H and O–H groups in total. The van der Waals surface area contributed by atoms with E-state index >= 15 is 0 Å². The maximum absolute atomic E-state index is 3.22. The van der Waals surface area contributed by atoms with E-state index in [0.717, 1.165) is 18.5 Å². The van der Waals surface area contributed by atoms with Gasteiger partial charge < -0.3 is 10.2 Å². The van der Waals surface area contributed by atoms with Gasteiger partial charge in [0.2, 0.25) is 0 Å². The van der Waals surface area contributed by atoms with Crippen LogP contribution >= 0.6 is 0 Å². The van der Waals surface area contributed by atoms with Gasteiger partial charge in [-0.25, -0.2) is 0 Å². The normalized spacial score (nSPS) is 29.1. The van der Waals surface area contributed by atoms with Crippen LogP contribution in [0.4, 0.5) is 0 Å². The molecule has 1 aliphatic carbocycles. The molecule has 0 aliphatic heterocycles. The van der Waals surface area contributed by atoms with Gasteiger partial charge in [0.1, 0.15) is 0 Å². The smallest absolute Gasteiger partial charge is 0.0107 e. The number of hydrogen-bond donors (Lipinski definition) is 1. The first-order valence-electron chi connectivity index (χ1n) is 6.09. The second kappa shape index (κ2) is 6.41. The zero-order chi connectivity index (χ0) is 10.4. The third-order valence-electron chi connectivity index (χ3n) is 3.56. The molecule has 1 fully saturated rings. The highest BCUT2D eigenvalue weighted by molar-refractivity contribution is 4.74. The lowest BCUT2D eigenvalue weighted by atomic mass is 10.0. The van der Waals surface area contributed by atoms with Crippen LogP contribution in [0.15, 0.2) is 0 Å². The van der Waals surface area contributed by atoms with E-state index < -0.39 is 0 Å². The van der Waals surface area contributed by atoms with Crippen molar-refractivity contribution in [3.8, 4) is 0 Å². The van der Waals surface area contributed by atoms with E-state index in [-0.39, 0.29) is 0 Å². The highest BCUT2D eigenvalue weighted by Crippen LogP contribution is 2.24. The van der Waals surface area contributed by atoms with Crippen LogP contribution in [0.2, 0.25) is 0 Å². The predicted molar refractivity (Wildman–Crippen MR) is 62.6 cm³/mol. The molecule has 0 saturated heterocycles. The number of likely N-dealkylation sites (N-methyl/N-ethyl adjacent to an activating group) is 2. The van der Waals surface area contributed by atoms with Crippen molar-refractivity contribution in [2.45, 2.75) is 45.1 Å². The van der Waals surface area contributed by atoms with E-state index in [1.807, 2.05) is 7.05 Å². The molecule has 1 rings (SSSR count). The number of rotatable bonds is 4. The van der Waals surface area contributed by atoms with Gasteiger partial charge in [0, 0.05) is 19.1 Å². The van der Waals surface area contributed by atoms with E-state index in [4.69, 9.17) is 0 Å². The molecule has 14 heavy (non-hydrogen) atoms. The fourth-order valence-corrected chi connectivity index (χ4v) is 2.38. The quantitative estimate of drug-likeness (QED) is 0.696. The Bertz CT molecular complexity index is 147. The van der Waals surface area contributed by atoms with Gasteiger partial charge in [0.25, 0.3) is 0 Å². The average Bonchev–Trinajstić information content (AvgIpc) is 2.39. The van der Waals surface area contributed by atoms with Gasteiger partial charge in [-0.1, -0.05) is 19.8 Å². The SMILES string of the molecule is CNCCN(C)C1CCCC(C)CC1. The van der Waals surface area contributed by atoms with Crippen LogP contribution in [0.1, 0.15) is 39.0 Å². The largest absolute Gasteiger partial charge is 0.318 e. The highest BCUT2D eigenvalue weighted by Gasteiger charge is 2.18. The number of hydrogen-bond acceptors (Lipinski definition) is 2. The van der Waals surface area contributed by atoms with Gasteiger partial charge >= 0.3 is 0 Å². The maximum Gasteiger partial charge on any atom is 0.0107 e.